The molecule has 1 aliphatic rings. The lowest BCUT2D eigenvalue weighted by molar-refractivity contribution is -0.121. The average Bonchev–Trinajstić information content (AvgIpc) is 3.00. The van der Waals surface area contributed by atoms with Crippen LogP contribution in [0.25, 0.3) is 10.8 Å². The van der Waals surface area contributed by atoms with Crippen molar-refractivity contribution >= 4 is 16.7 Å². The van der Waals surface area contributed by atoms with E-state index in [9.17, 15) is 9.59 Å². The number of hydrogen-bond acceptors (Lipinski definition) is 3. The highest BCUT2D eigenvalue weighted by Gasteiger charge is 2.22. The molecule has 3 aromatic rings. The number of amides is 1. The maximum Gasteiger partial charge on any atom is 0.272 e. The fraction of sp³-hybridized carbons (Fsp3) is 0.211. The number of benzene rings is 2. The quantitative estimate of drug-likeness (QED) is 0.772. The lowest BCUT2D eigenvalue weighted by atomic mass is 10.1. The van der Waals surface area contributed by atoms with Crippen molar-refractivity contribution in [1.82, 2.24) is 15.5 Å². The Morgan fingerprint density at radius 3 is 2.38 bits per heavy atom. The van der Waals surface area contributed by atoms with E-state index in [1.54, 1.807) is 12.1 Å². The van der Waals surface area contributed by atoms with E-state index >= 15 is 0 Å². The van der Waals surface area contributed by atoms with Gasteiger partial charge in [-0.2, -0.15) is 5.10 Å². The third-order valence-electron chi connectivity index (χ3n) is 4.52. The van der Waals surface area contributed by atoms with Gasteiger partial charge in [-0.1, -0.05) is 42.5 Å². The second kappa shape index (κ2) is 5.92. The number of aromatic amines is 1. The highest BCUT2D eigenvalue weighted by atomic mass is 16.1. The Labute approximate surface area is 138 Å². The zero-order valence-corrected chi connectivity index (χ0v) is 13.1. The SMILES string of the molecule is O=C(Cc1n[nH]c(=O)c2ccccc12)NC1Cc2ccccc2C1. The number of nitrogens with one attached hydrogen (secondary N) is 2. The van der Waals surface area contributed by atoms with Gasteiger partial charge in [-0.3, -0.25) is 9.59 Å². The zero-order valence-electron chi connectivity index (χ0n) is 13.1. The number of carbonyl (C=O) groups excluding carboxylic acids is 1. The van der Waals surface area contributed by atoms with Gasteiger partial charge in [-0.15, -0.1) is 0 Å². The van der Waals surface area contributed by atoms with E-state index in [1.807, 2.05) is 24.3 Å². The second-order valence-electron chi connectivity index (χ2n) is 6.16. The minimum absolute atomic E-state index is 0.0718. The Balaban J connectivity index is 1.50. The molecule has 0 saturated heterocycles. The van der Waals surface area contributed by atoms with Crippen LogP contribution >= 0.6 is 0 Å². The monoisotopic (exact) mass is 319 g/mol. The molecular weight excluding hydrogens is 302 g/mol. The summed E-state index contributed by atoms with van der Waals surface area (Å²) >= 11 is 0. The second-order valence-corrected chi connectivity index (χ2v) is 6.16. The van der Waals surface area contributed by atoms with E-state index in [1.165, 1.54) is 11.1 Å². The minimum Gasteiger partial charge on any atom is -0.352 e. The predicted octanol–water partition coefficient (Wildman–Crippen LogP) is 1.75. The molecule has 1 amide bonds. The van der Waals surface area contributed by atoms with Crippen molar-refractivity contribution in [1.29, 1.82) is 0 Å². The van der Waals surface area contributed by atoms with E-state index < -0.39 is 0 Å². The third-order valence-corrected chi connectivity index (χ3v) is 4.52. The van der Waals surface area contributed by atoms with Crippen molar-refractivity contribution in [2.45, 2.75) is 25.3 Å². The number of aromatic nitrogens is 2. The molecule has 0 bridgehead atoms. The Morgan fingerprint density at radius 1 is 1.04 bits per heavy atom. The molecule has 0 aliphatic heterocycles. The van der Waals surface area contributed by atoms with Gasteiger partial charge in [0, 0.05) is 11.4 Å². The molecule has 120 valence electrons. The highest BCUT2D eigenvalue weighted by Crippen LogP contribution is 2.21. The first-order chi connectivity index (χ1) is 11.7. The van der Waals surface area contributed by atoms with Gasteiger partial charge >= 0.3 is 0 Å². The van der Waals surface area contributed by atoms with Crippen LogP contribution in [0, 0.1) is 0 Å². The molecule has 0 unspecified atom stereocenters. The van der Waals surface area contributed by atoms with Gasteiger partial charge in [0.2, 0.25) is 5.91 Å². The summed E-state index contributed by atoms with van der Waals surface area (Å²) in [7, 11) is 0. The molecule has 5 nitrogen and oxygen atoms in total. The first kappa shape index (κ1) is 14.6. The first-order valence-electron chi connectivity index (χ1n) is 8.03. The Bertz CT molecular complexity index is 953. The largest absolute Gasteiger partial charge is 0.352 e. The van der Waals surface area contributed by atoms with Crippen molar-refractivity contribution in [3.8, 4) is 0 Å². The molecule has 2 aromatic carbocycles. The molecule has 0 fully saturated rings. The number of carbonyl (C=O) groups is 1. The smallest absolute Gasteiger partial charge is 0.272 e. The van der Waals surface area contributed by atoms with Crippen molar-refractivity contribution in [3.05, 3.63) is 75.7 Å². The van der Waals surface area contributed by atoms with Crippen LogP contribution in [0.15, 0.2) is 53.3 Å². The van der Waals surface area contributed by atoms with Gasteiger partial charge in [0.15, 0.2) is 0 Å². The number of fused-ring (bicyclic) bond motifs is 2. The van der Waals surface area contributed by atoms with Crippen molar-refractivity contribution in [3.63, 3.8) is 0 Å². The summed E-state index contributed by atoms with van der Waals surface area (Å²) in [5, 5.41) is 10.9. The van der Waals surface area contributed by atoms with Gasteiger partial charge < -0.3 is 5.32 Å². The molecule has 1 aliphatic carbocycles. The molecule has 5 heteroatoms. The van der Waals surface area contributed by atoms with Crippen molar-refractivity contribution in [2.24, 2.45) is 0 Å². The molecule has 24 heavy (non-hydrogen) atoms. The van der Waals surface area contributed by atoms with Crippen LogP contribution in [0.5, 0.6) is 0 Å². The van der Waals surface area contributed by atoms with Gasteiger partial charge in [-0.25, -0.2) is 5.10 Å². The summed E-state index contributed by atoms with van der Waals surface area (Å²) in [5.74, 6) is -0.0718. The van der Waals surface area contributed by atoms with Crippen LogP contribution in [0.2, 0.25) is 0 Å². The van der Waals surface area contributed by atoms with Crippen LogP contribution in [-0.4, -0.2) is 22.1 Å². The standard InChI is InChI=1S/C19H17N3O2/c23-18(20-14-9-12-5-1-2-6-13(12)10-14)11-17-15-7-3-4-8-16(15)19(24)22-21-17/h1-8,14H,9-11H2,(H,20,23)(H,22,24). The first-order valence-corrected chi connectivity index (χ1v) is 8.03. The van der Waals surface area contributed by atoms with Crippen LogP contribution in [0.3, 0.4) is 0 Å². The van der Waals surface area contributed by atoms with Crippen molar-refractivity contribution < 1.29 is 4.79 Å². The Morgan fingerprint density at radius 2 is 1.67 bits per heavy atom. The summed E-state index contributed by atoms with van der Waals surface area (Å²) in [4.78, 5) is 24.2. The normalized spacial score (nSPS) is 13.8. The molecular formula is C19H17N3O2. The van der Waals surface area contributed by atoms with E-state index in [2.05, 4.69) is 27.6 Å². The maximum atomic E-state index is 12.4. The summed E-state index contributed by atoms with van der Waals surface area (Å²) in [6.07, 6.45) is 1.88. The fourth-order valence-corrected chi connectivity index (χ4v) is 3.40. The van der Waals surface area contributed by atoms with Crippen LogP contribution in [-0.2, 0) is 24.1 Å². The van der Waals surface area contributed by atoms with E-state index in [4.69, 9.17) is 0 Å². The number of nitrogens with zero attached hydrogens (tertiary/aromatic N) is 1. The topological polar surface area (TPSA) is 74.8 Å². The van der Waals surface area contributed by atoms with E-state index in [0.29, 0.717) is 11.1 Å². The minimum atomic E-state index is -0.235. The molecule has 0 atom stereocenters. The Kier molecular flexibility index (Phi) is 3.61. The summed E-state index contributed by atoms with van der Waals surface area (Å²) < 4.78 is 0. The van der Waals surface area contributed by atoms with Crippen LogP contribution in [0.4, 0.5) is 0 Å². The highest BCUT2D eigenvalue weighted by molar-refractivity contribution is 5.88. The molecule has 1 aromatic heterocycles. The third kappa shape index (κ3) is 2.69. The number of hydrogen-bond donors (Lipinski definition) is 2. The summed E-state index contributed by atoms with van der Waals surface area (Å²) in [6.45, 7) is 0. The number of rotatable bonds is 3. The van der Waals surface area contributed by atoms with Gasteiger partial charge in [0.05, 0.1) is 17.5 Å². The molecule has 4 rings (SSSR count). The zero-order chi connectivity index (χ0) is 16.5. The van der Waals surface area contributed by atoms with Gasteiger partial charge in [0.1, 0.15) is 0 Å². The number of H-pyrrole nitrogens is 1. The van der Waals surface area contributed by atoms with Crippen molar-refractivity contribution in [2.75, 3.05) is 0 Å². The fourth-order valence-electron chi connectivity index (χ4n) is 3.40. The lowest BCUT2D eigenvalue weighted by Crippen LogP contribution is -2.36. The van der Waals surface area contributed by atoms with Gasteiger partial charge in [0.25, 0.3) is 5.56 Å². The van der Waals surface area contributed by atoms with Crippen LogP contribution < -0.4 is 10.9 Å². The molecule has 0 saturated carbocycles. The van der Waals surface area contributed by atoms with Crippen LogP contribution in [0.1, 0.15) is 16.8 Å². The summed E-state index contributed by atoms with van der Waals surface area (Å²) in [5.41, 5.74) is 2.96. The van der Waals surface area contributed by atoms with Gasteiger partial charge in [-0.05, 0) is 30.0 Å². The van der Waals surface area contributed by atoms with E-state index in [0.717, 1.165) is 18.2 Å². The average molecular weight is 319 g/mol. The summed E-state index contributed by atoms with van der Waals surface area (Å²) in [6, 6.07) is 15.6. The maximum absolute atomic E-state index is 12.4. The lowest BCUT2D eigenvalue weighted by Gasteiger charge is -2.12. The Hall–Kier alpha value is -2.95. The molecule has 2 N–H and O–H groups in total. The molecule has 0 radical (unpaired) electrons. The molecule has 0 spiro atoms. The molecule has 1 heterocycles. The predicted molar refractivity (Wildman–Crippen MR) is 91.8 cm³/mol. The van der Waals surface area contributed by atoms with E-state index in [-0.39, 0.29) is 23.9 Å².